The summed E-state index contributed by atoms with van der Waals surface area (Å²) in [6, 6.07) is 8.44. The van der Waals surface area contributed by atoms with E-state index in [1.165, 1.54) is 33.4 Å². The number of nitrogens with two attached hydrogens (primary N) is 2. The molecule has 2 aromatic carbocycles. The van der Waals surface area contributed by atoms with Crippen LogP contribution in [0.15, 0.2) is 24.3 Å². The molecular formula is C23H32Cl2N2. The van der Waals surface area contributed by atoms with Gasteiger partial charge < -0.3 is 11.5 Å². The van der Waals surface area contributed by atoms with Crippen LogP contribution in [0.4, 0.5) is 11.4 Å². The second-order valence-corrected chi connectivity index (χ2v) is 7.85. The first-order valence-electron chi connectivity index (χ1n) is 9.97. The highest BCUT2D eigenvalue weighted by molar-refractivity contribution is 6.18. The van der Waals surface area contributed by atoms with Crippen LogP contribution in [0, 0.1) is 0 Å². The van der Waals surface area contributed by atoms with Crippen LogP contribution in [0.5, 0.6) is 0 Å². The highest BCUT2D eigenvalue weighted by Crippen LogP contribution is 2.30. The third-order valence-corrected chi connectivity index (χ3v) is 5.58. The summed E-state index contributed by atoms with van der Waals surface area (Å²) in [6.45, 7) is 4.42. The number of anilines is 2. The standard InChI is InChI=1S/C23H32Cl2N2/c1-3-5-18-16(7-9-22(26)20(18)11-13-24)15-17-8-10-23(27)21(12-14-25)19(17)6-4-2/h7-10H,3-6,11-15,26-27H2,1-2H3. The molecule has 0 radical (unpaired) electrons. The lowest BCUT2D eigenvalue weighted by molar-refractivity contribution is 0.865. The maximum atomic E-state index is 6.27. The SMILES string of the molecule is CCCc1c(Cc2ccc(N)c(CCCl)c2CCC)ccc(N)c1CCCl. The predicted molar refractivity (Wildman–Crippen MR) is 121 cm³/mol. The van der Waals surface area contributed by atoms with Gasteiger partial charge in [0.05, 0.1) is 0 Å². The summed E-state index contributed by atoms with van der Waals surface area (Å²) in [6.07, 6.45) is 6.77. The van der Waals surface area contributed by atoms with Gasteiger partial charge >= 0.3 is 0 Å². The molecule has 0 fully saturated rings. The van der Waals surface area contributed by atoms with Crippen LogP contribution < -0.4 is 11.5 Å². The van der Waals surface area contributed by atoms with Crippen LogP contribution in [-0.2, 0) is 32.1 Å². The Morgan fingerprint density at radius 1 is 0.630 bits per heavy atom. The molecule has 2 rings (SSSR count). The Bertz CT molecular complexity index is 693. The van der Waals surface area contributed by atoms with E-state index in [4.69, 9.17) is 34.7 Å². The van der Waals surface area contributed by atoms with Gasteiger partial charge in [-0.15, -0.1) is 23.2 Å². The molecule has 2 nitrogen and oxygen atoms in total. The Hall–Kier alpha value is -1.38. The number of nitrogen functional groups attached to an aromatic ring is 2. The molecule has 0 spiro atoms. The number of halogens is 2. The topological polar surface area (TPSA) is 52.0 Å². The molecule has 0 aliphatic rings. The van der Waals surface area contributed by atoms with Gasteiger partial charge in [-0.25, -0.2) is 0 Å². The fraction of sp³-hybridized carbons (Fsp3) is 0.478. The summed E-state index contributed by atoms with van der Waals surface area (Å²) < 4.78 is 0. The van der Waals surface area contributed by atoms with Crippen molar-refractivity contribution in [3.8, 4) is 0 Å². The van der Waals surface area contributed by atoms with Gasteiger partial charge in [0.25, 0.3) is 0 Å². The molecule has 0 heterocycles. The second kappa shape index (κ2) is 10.8. The van der Waals surface area contributed by atoms with Gasteiger partial charge in [-0.05, 0) is 77.6 Å². The van der Waals surface area contributed by atoms with Crippen molar-refractivity contribution in [2.45, 2.75) is 58.8 Å². The molecule has 0 unspecified atom stereocenters. The van der Waals surface area contributed by atoms with E-state index in [1.54, 1.807) is 0 Å². The molecular weight excluding hydrogens is 375 g/mol. The number of rotatable bonds is 10. The lowest BCUT2D eigenvalue weighted by atomic mass is 9.87. The average molecular weight is 407 g/mol. The summed E-state index contributed by atoms with van der Waals surface area (Å²) >= 11 is 12.1. The minimum absolute atomic E-state index is 0.590. The summed E-state index contributed by atoms with van der Waals surface area (Å²) in [5, 5.41) is 0. The van der Waals surface area contributed by atoms with E-state index in [0.29, 0.717) is 11.8 Å². The van der Waals surface area contributed by atoms with E-state index in [9.17, 15) is 0 Å². The van der Waals surface area contributed by atoms with Gasteiger partial charge in [-0.3, -0.25) is 0 Å². The summed E-state index contributed by atoms with van der Waals surface area (Å²) in [7, 11) is 0. The molecule has 4 N–H and O–H groups in total. The molecule has 0 aliphatic carbocycles. The molecule has 0 saturated heterocycles. The van der Waals surface area contributed by atoms with Crippen LogP contribution in [-0.4, -0.2) is 11.8 Å². The molecule has 27 heavy (non-hydrogen) atoms. The minimum atomic E-state index is 0.590. The molecule has 0 bridgehead atoms. The van der Waals surface area contributed by atoms with E-state index in [-0.39, 0.29) is 0 Å². The van der Waals surface area contributed by atoms with E-state index < -0.39 is 0 Å². The normalized spacial score (nSPS) is 11.1. The number of hydrogen-bond donors (Lipinski definition) is 2. The van der Waals surface area contributed by atoms with Crippen molar-refractivity contribution in [1.29, 1.82) is 0 Å². The molecule has 0 atom stereocenters. The number of benzene rings is 2. The third-order valence-electron chi connectivity index (χ3n) is 5.20. The van der Waals surface area contributed by atoms with Gasteiger partial charge in [-0.2, -0.15) is 0 Å². The lowest BCUT2D eigenvalue weighted by Crippen LogP contribution is -2.09. The second-order valence-electron chi connectivity index (χ2n) is 7.10. The maximum Gasteiger partial charge on any atom is 0.0349 e. The van der Waals surface area contributed by atoms with Crippen molar-refractivity contribution in [1.82, 2.24) is 0 Å². The quantitative estimate of drug-likeness (QED) is 0.380. The monoisotopic (exact) mass is 406 g/mol. The molecule has 4 heteroatoms. The van der Waals surface area contributed by atoms with Crippen molar-refractivity contribution in [2.24, 2.45) is 0 Å². The first-order valence-corrected chi connectivity index (χ1v) is 11.0. The van der Waals surface area contributed by atoms with E-state index in [1.807, 2.05) is 12.1 Å². The third kappa shape index (κ3) is 5.33. The van der Waals surface area contributed by atoms with Gasteiger partial charge in [0.1, 0.15) is 0 Å². The molecule has 2 aromatic rings. The van der Waals surface area contributed by atoms with Crippen LogP contribution in [0.3, 0.4) is 0 Å². The Morgan fingerprint density at radius 3 is 1.37 bits per heavy atom. The van der Waals surface area contributed by atoms with E-state index >= 15 is 0 Å². The molecule has 0 aromatic heterocycles. The Labute approximate surface area is 174 Å². The summed E-state index contributed by atoms with van der Waals surface area (Å²) in [4.78, 5) is 0. The summed E-state index contributed by atoms with van der Waals surface area (Å²) in [5.74, 6) is 1.18. The zero-order chi connectivity index (χ0) is 19.8. The van der Waals surface area contributed by atoms with E-state index in [2.05, 4.69) is 26.0 Å². The highest BCUT2D eigenvalue weighted by Gasteiger charge is 2.15. The average Bonchev–Trinajstić information content (AvgIpc) is 2.65. The van der Waals surface area contributed by atoms with Crippen molar-refractivity contribution < 1.29 is 0 Å². The largest absolute Gasteiger partial charge is 0.398 e. The van der Waals surface area contributed by atoms with Crippen LogP contribution in [0.1, 0.15) is 60.1 Å². The zero-order valence-corrected chi connectivity index (χ0v) is 18.1. The van der Waals surface area contributed by atoms with Crippen LogP contribution >= 0.6 is 23.2 Å². The van der Waals surface area contributed by atoms with Crippen molar-refractivity contribution in [3.05, 3.63) is 57.6 Å². The smallest absolute Gasteiger partial charge is 0.0349 e. The number of hydrogen-bond acceptors (Lipinski definition) is 2. The Morgan fingerprint density at radius 2 is 1.04 bits per heavy atom. The van der Waals surface area contributed by atoms with Crippen molar-refractivity contribution in [2.75, 3.05) is 23.2 Å². The molecule has 0 amide bonds. The lowest BCUT2D eigenvalue weighted by Gasteiger charge is -2.20. The van der Waals surface area contributed by atoms with Gasteiger partial charge in [-0.1, -0.05) is 38.8 Å². The molecule has 148 valence electrons. The Kier molecular flexibility index (Phi) is 8.79. The predicted octanol–water partition coefficient (Wildman–Crippen LogP) is 5.91. The van der Waals surface area contributed by atoms with Crippen LogP contribution in [0.2, 0.25) is 0 Å². The molecule has 0 aliphatic heterocycles. The maximum absolute atomic E-state index is 6.27. The van der Waals surface area contributed by atoms with E-state index in [0.717, 1.165) is 56.3 Å². The first-order chi connectivity index (χ1) is 13.1. The Balaban J connectivity index is 2.53. The number of alkyl halides is 2. The fourth-order valence-electron chi connectivity index (χ4n) is 3.96. The zero-order valence-electron chi connectivity index (χ0n) is 16.6. The van der Waals surface area contributed by atoms with Crippen molar-refractivity contribution in [3.63, 3.8) is 0 Å². The fourth-order valence-corrected chi connectivity index (χ4v) is 4.34. The van der Waals surface area contributed by atoms with Crippen LogP contribution in [0.25, 0.3) is 0 Å². The minimum Gasteiger partial charge on any atom is -0.398 e. The van der Waals surface area contributed by atoms with Crippen molar-refractivity contribution >= 4 is 34.6 Å². The van der Waals surface area contributed by atoms with Gasteiger partial charge in [0, 0.05) is 23.1 Å². The van der Waals surface area contributed by atoms with Gasteiger partial charge in [0.2, 0.25) is 0 Å². The first kappa shape index (κ1) is 21.9. The molecule has 0 saturated carbocycles. The summed E-state index contributed by atoms with van der Waals surface area (Å²) in [5.41, 5.74) is 22.1. The highest BCUT2D eigenvalue weighted by atomic mass is 35.5. The van der Waals surface area contributed by atoms with Gasteiger partial charge in [0.15, 0.2) is 0 Å².